The van der Waals surface area contributed by atoms with Gasteiger partial charge in [-0.3, -0.25) is 0 Å². The molecule has 0 aromatic carbocycles. The van der Waals surface area contributed by atoms with Crippen LogP contribution in [0.4, 0.5) is 5.82 Å². The van der Waals surface area contributed by atoms with Crippen LogP contribution in [0.1, 0.15) is 37.8 Å². The van der Waals surface area contributed by atoms with E-state index in [9.17, 15) is 0 Å². The molecule has 0 radical (unpaired) electrons. The van der Waals surface area contributed by atoms with Gasteiger partial charge in [0.1, 0.15) is 11.5 Å². The molecule has 4 aliphatic rings. The van der Waals surface area contributed by atoms with Crippen LogP contribution in [0.3, 0.4) is 0 Å². The van der Waals surface area contributed by atoms with Gasteiger partial charge < -0.3 is 11.1 Å². The summed E-state index contributed by atoms with van der Waals surface area (Å²) in [4.78, 5) is 0. The van der Waals surface area contributed by atoms with Gasteiger partial charge in [0, 0.05) is 20.1 Å². The van der Waals surface area contributed by atoms with Gasteiger partial charge in [-0.2, -0.15) is 0 Å². The average molecular weight is 275 g/mol. The van der Waals surface area contributed by atoms with Crippen LogP contribution in [0.2, 0.25) is 0 Å². The van der Waals surface area contributed by atoms with Crippen molar-refractivity contribution in [3.8, 4) is 0 Å². The maximum absolute atomic E-state index is 5.73. The molecule has 5 rings (SSSR count). The molecular weight excluding hydrogens is 250 g/mol. The van der Waals surface area contributed by atoms with E-state index in [0.29, 0.717) is 6.54 Å². The lowest BCUT2D eigenvalue weighted by Crippen LogP contribution is -2.46. The second-order valence-electron chi connectivity index (χ2n) is 7.12. The number of hydrogen-bond donors (Lipinski definition) is 2. The Morgan fingerprint density at radius 2 is 1.80 bits per heavy atom. The Bertz CT molecular complexity index is 466. The Balaban J connectivity index is 1.56. The number of nitrogens with one attached hydrogen (secondary N) is 1. The van der Waals surface area contributed by atoms with Crippen molar-refractivity contribution in [1.82, 2.24) is 15.0 Å². The minimum Gasteiger partial charge on any atom is -0.372 e. The smallest absolute Gasteiger partial charge is 0.149 e. The molecule has 4 saturated carbocycles. The van der Waals surface area contributed by atoms with E-state index >= 15 is 0 Å². The Kier molecular flexibility index (Phi) is 2.98. The Morgan fingerprint density at radius 3 is 2.35 bits per heavy atom. The predicted molar refractivity (Wildman–Crippen MR) is 78.0 cm³/mol. The molecule has 0 amide bonds. The first-order valence-corrected chi connectivity index (χ1v) is 8.08. The molecule has 0 saturated heterocycles. The normalized spacial score (nSPS) is 38.4. The molecule has 4 fully saturated rings. The summed E-state index contributed by atoms with van der Waals surface area (Å²) in [6, 6.07) is 0. The van der Waals surface area contributed by atoms with Gasteiger partial charge in [0.25, 0.3) is 0 Å². The number of nitrogens with two attached hydrogens (primary N) is 1. The molecule has 110 valence electrons. The van der Waals surface area contributed by atoms with Crippen molar-refractivity contribution in [1.29, 1.82) is 0 Å². The van der Waals surface area contributed by atoms with Crippen molar-refractivity contribution < 1.29 is 0 Å². The second kappa shape index (κ2) is 4.72. The average Bonchev–Trinajstić information content (AvgIpc) is 2.83. The quantitative estimate of drug-likeness (QED) is 0.880. The lowest BCUT2D eigenvalue weighted by Gasteiger charge is -2.54. The summed E-state index contributed by atoms with van der Waals surface area (Å²) >= 11 is 0. The summed E-state index contributed by atoms with van der Waals surface area (Å²) in [5, 5.41) is 11.8. The number of rotatable bonds is 4. The van der Waals surface area contributed by atoms with E-state index < -0.39 is 0 Å². The fraction of sp³-hybridized carbons (Fsp3) is 0.867. The molecule has 1 aromatic heterocycles. The molecule has 5 nitrogen and oxygen atoms in total. The van der Waals surface area contributed by atoms with Crippen LogP contribution in [-0.4, -0.2) is 22.0 Å². The van der Waals surface area contributed by atoms with Crippen LogP contribution < -0.4 is 11.1 Å². The monoisotopic (exact) mass is 275 g/mol. The fourth-order valence-corrected chi connectivity index (χ4v) is 5.42. The maximum Gasteiger partial charge on any atom is 0.149 e. The second-order valence-corrected chi connectivity index (χ2v) is 7.12. The zero-order valence-corrected chi connectivity index (χ0v) is 12.3. The van der Waals surface area contributed by atoms with Gasteiger partial charge in [0.15, 0.2) is 0 Å². The minimum atomic E-state index is 0.456. The van der Waals surface area contributed by atoms with Crippen LogP contribution in [0, 0.1) is 29.6 Å². The van der Waals surface area contributed by atoms with Crippen molar-refractivity contribution in [3.05, 3.63) is 5.69 Å². The van der Waals surface area contributed by atoms with E-state index in [0.717, 1.165) is 47.6 Å². The number of nitrogens with zero attached hydrogens (tertiary/aromatic N) is 3. The molecule has 20 heavy (non-hydrogen) atoms. The van der Waals surface area contributed by atoms with Crippen molar-refractivity contribution in [3.63, 3.8) is 0 Å². The molecule has 0 unspecified atom stereocenters. The highest BCUT2D eigenvalue weighted by Gasteiger charge is 2.48. The summed E-state index contributed by atoms with van der Waals surface area (Å²) in [6.07, 6.45) is 7.37. The van der Waals surface area contributed by atoms with Crippen molar-refractivity contribution in [2.75, 3.05) is 12.4 Å². The Morgan fingerprint density at radius 1 is 1.15 bits per heavy atom. The third kappa shape index (κ3) is 1.86. The van der Waals surface area contributed by atoms with E-state index in [-0.39, 0.29) is 0 Å². The summed E-state index contributed by atoms with van der Waals surface area (Å²) in [6.45, 7) is 1.48. The zero-order valence-electron chi connectivity index (χ0n) is 12.3. The predicted octanol–water partition coefficient (Wildman–Crippen LogP) is 1.85. The highest BCUT2D eigenvalue weighted by atomic mass is 15.5. The standard InChI is InChI=1S/C15H25N5/c1-17-15-14(7-16)18-19-20(15)8-13-11-3-9-2-10(5-11)6-12(13)4-9/h9-13,17H,2-8,16H2,1H3. The fourth-order valence-electron chi connectivity index (χ4n) is 5.42. The number of aromatic nitrogens is 3. The van der Waals surface area contributed by atoms with E-state index in [2.05, 4.69) is 20.3 Å². The third-order valence-corrected chi connectivity index (χ3v) is 6.04. The molecule has 4 aliphatic carbocycles. The summed E-state index contributed by atoms with van der Waals surface area (Å²) in [5.74, 6) is 5.76. The van der Waals surface area contributed by atoms with E-state index in [1.165, 1.54) is 32.1 Å². The largest absolute Gasteiger partial charge is 0.372 e. The number of hydrogen-bond acceptors (Lipinski definition) is 4. The van der Waals surface area contributed by atoms with Crippen molar-refractivity contribution in [2.45, 2.75) is 45.2 Å². The molecule has 1 heterocycles. The van der Waals surface area contributed by atoms with Crippen LogP contribution in [-0.2, 0) is 13.1 Å². The van der Waals surface area contributed by atoms with Gasteiger partial charge in [-0.1, -0.05) is 5.21 Å². The molecule has 3 N–H and O–H groups in total. The number of anilines is 1. The van der Waals surface area contributed by atoms with Crippen molar-refractivity contribution in [2.24, 2.45) is 35.3 Å². The van der Waals surface area contributed by atoms with E-state index in [1.807, 2.05) is 7.05 Å². The Hall–Kier alpha value is -1.10. The van der Waals surface area contributed by atoms with Gasteiger partial charge in [-0.25, -0.2) is 4.68 Å². The zero-order chi connectivity index (χ0) is 13.7. The Labute approximate surface area is 120 Å². The first kappa shape index (κ1) is 12.6. The van der Waals surface area contributed by atoms with Gasteiger partial charge in [0.05, 0.1) is 0 Å². The molecule has 1 aromatic rings. The lowest BCUT2D eigenvalue weighted by atomic mass is 9.52. The third-order valence-electron chi connectivity index (χ3n) is 6.04. The summed E-state index contributed by atoms with van der Waals surface area (Å²) in [7, 11) is 1.94. The molecule has 0 aliphatic heterocycles. The van der Waals surface area contributed by atoms with Crippen LogP contribution in [0.15, 0.2) is 0 Å². The summed E-state index contributed by atoms with van der Waals surface area (Å²) in [5.41, 5.74) is 6.62. The van der Waals surface area contributed by atoms with Crippen LogP contribution >= 0.6 is 0 Å². The molecule has 5 heteroatoms. The van der Waals surface area contributed by atoms with Crippen LogP contribution in [0.5, 0.6) is 0 Å². The highest BCUT2D eigenvalue weighted by molar-refractivity contribution is 5.39. The van der Waals surface area contributed by atoms with Gasteiger partial charge in [-0.15, -0.1) is 5.10 Å². The van der Waals surface area contributed by atoms with Gasteiger partial charge in [-0.05, 0) is 61.7 Å². The molecule has 0 spiro atoms. The highest BCUT2D eigenvalue weighted by Crippen LogP contribution is 2.56. The van der Waals surface area contributed by atoms with E-state index in [1.54, 1.807) is 0 Å². The maximum atomic E-state index is 5.73. The molecular formula is C15H25N5. The van der Waals surface area contributed by atoms with E-state index in [4.69, 9.17) is 5.73 Å². The van der Waals surface area contributed by atoms with Crippen LogP contribution in [0.25, 0.3) is 0 Å². The first-order valence-electron chi connectivity index (χ1n) is 8.08. The minimum absolute atomic E-state index is 0.456. The van der Waals surface area contributed by atoms with Gasteiger partial charge in [0.2, 0.25) is 0 Å². The first-order chi connectivity index (χ1) is 9.78. The SMILES string of the molecule is CNc1c(CN)nnn1CC1C2CC3CC(C2)CC1C3. The van der Waals surface area contributed by atoms with Crippen molar-refractivity contribution >= 4 is 5.82 Å². The molecule has 0 atom stereocenters. The van der Waals surface area contributed by atoms with Gasteiger partial charge >= 0.3 is 0 Å². The topological polar surface area (TPSA) is 68.8 Å². The summed E-state index contributed by atoms with van der Waals surface area (Å²) < 4.78 is 2.06. The lowest BCUT2D eigenvalue weighted by molar-refractivity contribution is -0.0441. The molecule has 4 bridgehead atoms.